The van der Waals surface area contributed by atoms with E-state index < -0.39 is 0 Å². The minimum Gasteiger partial charge on any atom is -0.379 e. The SMILES string of the molecule is CC(C)C(N)c1cncn1C1(C)CCOC1. The lowest BCUT2D eigenvalue weighted by Crippen LogP contribution is -2.34. The summed E-state index contributed by atoms with van der Waals surface area (Å²) in [5, 5.41) is 0. The van der Waals surface area contributed by atoms with Crippen molar-refractivity contribution in [2.45, 2.75) is 38.8 Å². The molecule has 1 aliphatic rings. The van der Waals surface area contributed by atoms with Gasteiger partial charge in [-0.25, -0.2) is 4.98 Å². The molecule has 0 aliphatic carbocycles. The van der Waals surface area contributed by atoms with E-state index in [9.17, 15) is 0 Å². The van der Waals surface area contributed by atoms with E-state index in [1.165, 1.54) is 0 Å². The fourth-order valence-electron chi connectivity index (χ4n) is 2.19. The number of hydrogen-bond donors (Lipinski definition) is 1. The Morgan fingerprint density at radius 2 is 2.31 bits per heavy atom. The van der Waals surface area contributed by atoms with Crippen molar-refractivity contribution in [1.82, 2.24) is 9.55 Å². The number of imidazole rings is 1. The Kier molecular flexibility index (Phi) is 3.04. The summed E-state index contributed by atoms with van der Waals surface area (Å²) in [7, 11) is 0. The summed E-state index contributed by atoms with van der Waals surface area (Å²) in [5.74, 6) is 0.418. The van der Waals surface area contributed by atoms with Crippen molar-refractivity contribution in [1.29, 1.82) is 0 Å². The molecule has 1 fully saturated rings. The highest BCUT2D eigenvalue weighted by Gasteiger charge is 2.34. The van der Waals surface area contributed by atoms with E-state index in [2.05, 4.69) is 30.3 Å². The van der Waals surface area contributed by atoms with E-state index >= 15 is 0 Å². The van der Waals surface area contributed by atoms with E-state index in [-0.39, 0.29) is 11.6 Å². The van der Waals surface area contributed by atoms with E-state index in [1.807, 2.05) is 12.5 Å². The van der Waals surface area contributed by atoms with Gasteiger partial charge in [0, 0.05) is 18.8 Å². The molecular weight excluding hydrogens is 202 g/mol. The lowest BCUT2D eigenvalue weighted by Gasteiger charge is -2.29. The predicted molar refractivity (Wildman–Crippen MR) is 63.1 cm³/mol. The normalized spacial score (nSPS) is 27.6. The topological polar surface area (TPSA) is 53.1 Å². The maximum atomic E-state index is 6.21. The maximum Gasteiger partial charge on any atom is 0.0954 e. The van der Waals surface area contributed by atoms with Gasteiger partial charge in [-0.1, -0.05) is 13.8 Å². The molecule has 1 aliphatic heterocycles. The molecule has 1 aromatic rings. The summed E-state index contributed by atoms with van der Waals surface area (Å²) in [5.41, 5.74) is 7.35. The quantitative estimate of drug-likeness (QED) is 0.848. The Morgan fingerprint density at radius 1 is 1.56 bits per heavy atom. The number of rotatable bonds is 3. The minimum atomic E-state index is 0.0261. The first-order valence-electron chi connectivity index (χ1n) is 5.90. The summed E-state index contributed by atoms with van der Waals surface area (Å²) in [6.45, 7) is 8.05. The number of hydrogen-bond acceptors (Lipinski definition) is 3. The van der Waals surface area contributed by atoms with Gasteiger partial charge < -0.3 is 15.0 Å². The Labute approximate surface area is 96.8 Å². The second-order valence-corrected chi connectivity index (χ2v) is 5.26. The first kappa shape index (κ1) is 11.6. The summed E-state index contributed by atoms with van der Waals surface area (Å²) in [6.07, 6.45) is 4.79. The number of ether oxygens (including phenoxy) is 1. The lowest BCUT2D eigenvalue weighted by molar-refractivity contribution is 0.159. The van der Waals surface area contributed by atoms with Crippen LogP contribution in [0.1, 0.15) is 38.9 Å². The fraction of sp³-hybridized carbons (Fsp3) is 0.750. The lowest BCUT2D eigenvalue weighted by atomic mass is 9.97. The van der Waals surface area contributed by atoms with Crippen LogP contribution < -0.4 is 5.73 Å². The zero-order valence-electron chi connectivity index (χ0n) is 10.3. The zero-order chi connectivity index (χ0) is 11.8. The molecule has 2 N–H and O–H groups in total. The van der Waals surface area contributed by atoms with Crippen LogP contribution in [0, 0.1) is 5.92 Å². The molecule has 2 heterocycles. The molecule has 1 aromatic heterocycles. The third kappa shape index (κ3) is 1.87. The van der Waals surface area contributed by atoms with Crippen molar-refractivity contribution < 1.29 is 4.74 Å². The molecule has 0 aromatic carbocycles. The Hall–Kier alpha value is -0.870. The van der Waals surface area contributed by atoms with E-state index in [4.69, 9.17) is 10.5 Å². The van der Waals surface area contributed by atoms with Crippen LogP contribution in [-0.2, 0) is 10.3 Å². The first-order valence-corrected chi connectivity index (χ1v) is 5.90. The maximum absolute atomic E-state index is 6.21. The summed E-state index contributed by atoms with van der Waals surface area (Å²) < 4.78 is 7.69. The molecule has 0 amide bonds. The average Bonchev–Trinajstić information content (AvgIpc) is 2.85. The highest BCUT2D eigenvalue weighted by atomic mass is 16.5. The van der Waals surface area contributed by atoms with Gasteiger partial charge in [0.25, 0.3) is 0 Å². The smallest absolute Gasteiger partial charge is 0.0954 e. The van der Waals surface area contributed by atoms with Gasteiger partial charge >= 0.3 is 0 Å². The van der Waals surface area contributed by atoms with Crippen LogP contribution in [0.4, 0.5) is 0 Å². The van der Waals surface area contributed by atoms with Crippen LogP contribution in [-0.4, -0.2) is 22.8 Å². The van der Waals surface area contributed by atoms with Gasteiger partial charge in [-0.3, -0.25) is 0 Å². The Bertz CT molecular complexity index is 353. The summed E-state index contributed by atoms with van der Waals surface area (Å²) >= 11 is 0. The summed E-state index contributed by atoms with van der Waals surface area (Å²) in [6, 6.07) is 0.0416. The van der Waals surface area contributed by atoms with Crippen LogP contribution >= 0.6 is 0 Å². The zero-order valence-corrected chi connectivity index (χ0v) is 10.3. The minimum absolute atomic E-state index is 0.0261. The van der Waals surface area contributed by atoms with E-state index in [0.717, 1.165) is 25.3 Å². The third-order valence-electron chi connectivity index (χ3n) is 3.51. The molecule has 2 atom stereocenters. The van der Waals surface area contributed by atoms with Crippen molar-refractivity contribution in [3.8, 4) is 0 Å². The fourth-order valence-corrected chi connectivity index (χ4v) is 2.19. The summed E-state index contributed by atoms with van der Waals surface area (Å²) in [4.78, 5) is 4.24. The molecule has 0 bridgehead atoms. The molecule has 2 rings (SSSR count). The predicted octanol–water partition coefficient (Wildman–Crippen LogP) is 1.67. The molecule has 90 valence electrons. The second kappa shape index (κ2) is 4.18. The van der Waals surface area contributed by atoms with Gasteiger partial charge in [0.2, 0.25) is 0 Å². The van der Waals surface area contributed by atoms with Crippen molar-refractivity contribution >= 4 is 0 Å². The molecule has 2 unspecified atom stereocenters. The number of nitrogens with two attached hydrogens (primary N) is 1. The van der Waals surface area contributed by atoms with Crippen LogP contribution in [0.15, 0.2) is 12.5 Å². The van der Waals surface area contributed by atoms with Crippen LogP contribution in [0.3, 0.4) is 0 Å². The average molecular weight is 223 g/mol. The molecule has 4 heteroatoms. The van der Waals surface area contributed by atoms with Gasteiger partial charge in [-0.05, 0) is 19.3 Å². The molecule has 16 heavy (non-hydrogen) atoms. The van der Waals surface area contributed by atoms with Crippen molar-refractivity contribution in [2.24, 2.45) is 11.7 Å². The molecule has 0 radical (unpaired) electrons. The Balaban J connectivity index is 2.31. The molecular formula is C12H21N3O. The molecule has 4 nitrogen and oxygen atoms in total. The van der Waals surface area contributed by atoms with Gasteiger partial charge in [-0.15, -0.1) is 0 Å². The standard InChI is InChI=1S/C12H21N3O/c1-9(2)11(13)10-6-14-8-15(10)12(3)4-5-16-7-12/h6,8-9,11H,4-5,7,13H2,1-3H3. The van der Waals surface area contributed by atoms with Crippen LogP contribution in [0.5, 0.6) is 0 Å². The van der Waals surface area contributed by atoms with E-state index in [0.29, 0.717) is 5.92 Å². The second-order valence-electron chi connectivity index (χ2n) is 5.26. The van der Waals surface area contributed by atoms with Gasteiger partial charge in [-0.2, -0.15) is 0 Å². The number of nitrogens with zero attached hydrogens (tertiary/aromatic N) is 2. The van der Waals surface area contributed by atoms with Crippen molar-refractivity contribution in [2.75, 3.05) is 13.2 Å². The molecule has 1 saturated heterocycles. The van der Waals surface area contributed by atoms with Crippen LogP contribution in [0.2, 0.25) is 0 Å². The first-order chi connectivity index (χ1) is 7.54. The van der Waals surface area contributed by atoms with Crippen molar-refractivity contribution in [3.05, 3.63) is 18.2 Å². The third-order valence-corrected chi connectivity index (χ3v) is 3.51. The highest BCUT2D eigenvalue weighted by molar-refractivity contribution is 5.10. The van der Waals surface area contributed by atoms with E-state index in [1.54, 1.807) is 0 Å². The van der Waals surface area contributed by atoms with Gasteiger partial charge in [0.1, 0.15) is 0 Å². The monoisotopic (exact) mass is 223 g/mol. The van der Waals surface area contributed by atoms with Gasteiger partial charge in [0.15, 0.2) is 0 Å². The largest absolute Gasteiger partial charge is 0.379 e. The number of aromatic nitrogens is 2. The van der Waals surface area contributed by atoms with Gasteiger partial charge in [0.05, 0.1) is 24.2 Å². The molecule has 0 spiro atoms. The van der Waals surface area contributed by atoms with Crippen molar-refractivity contribution in [3.63, 3.8) is 0 Å². The van der Waals surface area contributed by atoms with Crippen LogP contribution in [0.25, 0.3) is 0 Å². The molecule has 0 saturated carbocycles. The highest BCUT2D eigenvalue weighted by Crippen LogP contribution is 2.31. The Morgan fingerprint density at radius 3 is 2.88 bits per heavy atom.